The maximum absolute atomic E-state index is 12.2. The van der Waals surface area contributed by atoms with E-state index in [0.717, 1.165) is 5.69 Å². The third-order valence-corrected chi connectivity index (χ3v) is 3.49. The van der Waals surface area contributed by atoms with Gasteiger partial charge in [0.05, 0.1) is 18.3 Å². The molecule has 0 atom stereocenters. The zero-order valence-electron chi connectivity index (χ0n) is 15.6. The molecular formula is C20H25N3O3. The molecule has 6 nitrogen and oxygen atoms in total. The second-order valence-electron chi connectivity index (χ2n) is 6.34. The van der Waals surface area contributed by atoms with Gasteiger partial charge in [0, 0.05) is 25.3 Å². The van der Waals surface area contributed by atoms with Crippen molar-refractivity contribution in [1.29, 1.82) is 0 Å². The van der Waals surface area contributed by atoms with E-state index >= 15 is 0 Å². The Kier molecular flexibility index (Phi) is 6.60. The molecule has 0 aliphatic carbocycles. The average molecular weight is 355 g/mol. The Morgan fingerprint density at radius 3 is 2.50 bits per heavy atom. The van der Waals surface area contributed by atoms with Crippen LogP contribution in [0.4, 0.5) is 11.4 Å². The molecule has 0 bridgehead atoms. The van der Waals surface area contributed by atoms with Crippen molar-refractivity contribution < 1.29 is 14.3 Å². The van der Waals surface area contributed by atoms with Crippen LogP contribution in [-0.4, -0.2) is 43.5 Å². The van der Waals surface area contributed by atoms with Gasteiger partial charge in [0.2, 0.25) is 5.91 Å². The minimum atomic E-state index is -0.209. The molecule has 0 aliphatic heterocycles. The Morgan fingerprint density at radius 1 is 1.08 bits per heavy atom. The molecule has 26 heavy (non-hydrogen) atoms. The van der Waals surface area contributed by atoms with Crippen molar-refractivity contribution in [3.63, 3.8) is 0 Å². The molecule has 138 valence electrons. The Balaban J connectivity index is 1.98. The summed E-state index contributed by atoms with van der Waals surface area (Å²) in [6.45, 7) is 3.99. The van der Waals surface area contributed by atoms with Gasteiger partial charge in [-0.3, -0.25) is 9.59 Å². The van der Waals surface area contributed by atoms with Crippen LogP contribution in [0.1, 0.15) is 24.2 Å². The number of amides is 2. The van der Waals surface area contributed by atoms with Gasteiger partial charge in [-0.1, -0.05) is 18.2 Å². The van der Waals surface area contributed by atoms with E-state index in [-0.39, 0.29) is 24.5 Å². The summed E-state index contributed by atoms with van der Waals surface area (Å²) in [6.07, 6.45) is 0.0451. The molecule has 0 aliphatic rings. The van der Waals surface area contributed by atoms with Crippen molar-refractivity contribution in [3.8, 4) is 5.75 Å². The zero-order chi connectivity index (χ0) is 19.1. The lowest BCUT2D eigenvalue weighted by atomic mass is 10.2. The first kappa shape index (κ1) is 19.3. The zero-order valence-corrected chi connectivity index (χ0v) is 15.6. The maximum atomic E-state index is 12.2. The summed E-state index contributed by atoms with van der Waals surface area (Å²) in [5.74, 6) is 0.381. The van der Waals surface area contributed by atoms with Gasteiger partial charge >= 0.3 is 0 Å². The highest BCUT2D eigenvalue weighted by Gasteiger charge is 2.10. The highest BCUT2D eigenvalue weighted by atomic mass is 16.5. The normalized spacial score (nSPS) is 10.3. The summed E-state index contributed by atoms with van der Waals surface area (Å²) in [6, 6.07) is 14.4. The van der Waals surface area contributed by atoms with Crippen LogP contribution < -0.4 is 15.4 Å². The highest BCUT2D eigenvalue weighted by Crippen LogP contribution is 2.24. The SMILES string of the molecule is CC(C)Oc1ccccc1NCC(=O)Nc1cccc(C(=O)N(C)C)c1. The van der Waals surface area contributed by atoms with Crippen LogP contribution in [0.3, 0.4) is 0 Å². The summed E-state index contributed by atoms with van der Waals surface area (Å²) >= 11 is 0. The third kappa shape index (κ3) is 5.51. The van der Waals surface area contributed by atoms with Crippen LogP contribution in [-0.2, 0) is 4.79 Å². The minimum Gasteiger partial charge on any atom is -0.489 e. The van der Waals surface area contributed by atoms with E-state index in [1.807, 2.05) is 38.1 Å². The molecule has 2 N–H and O–H groups in total. The largest absolute Gasteiger partial charge is 0.489 e. The van der Waals surface area contributed by atoms with Crippen molar-refractivity contribution in [2.24, 2.45) is 0 Å². The number of nitrogens with zero attached hydrogens (tertiary/aromatic N) is 1. The topological polar surface area (TPSA) is 70.7 Å². The molecule has 2 aromatic carbocycles. The van der Waals surface area contributed by atoms with Crippen molar-refractivity contribution in [3.05, 3.63) is 54.1 Å². The molecule has 0 unspecified atom stereocenters. The number of hydrogen-bond donors (Lipinski definition) is 2. The first-order chi connectivity index (χ1) is 12.4. The number of rotatable bonds is 7. The van der Waals surface area contributed by atoms with E-state index in [4.69, 9.17) is 4.74 Å². The lowest BCUT2D eigenvalue weighted by molar-refractivity contribution is -0.114. The molecule has 0 saturated carbocycles. The number of anilines is 2. The van der Waals surface area contributed by atoms with Gasteiger partial charge in [-0.15, -0.1) is 0 Å². The Labute approximate surface area is 154 Å². The van der Waals surface area contributed by atoms with Gasteiger partial charge in [-0.05, 0) is 44.2 Å². The van der Waals surface area contributed by atoms with Gasteiger partial charge in [0.15, 0.2) is 0 Å². The molecule has 0 saturated heterocycles. The molecule has 6 heteroatoms. The van der Waals surface area contributed by atoms with E-state index in [2.05, 4.69) is 10.6 Å². The van der Waals surface area contributed by atoms with Crippen LogP contribution >= 0.6 is 0 Å². The summed E-state index contributed by atoms with van der Waals surface area (Å²) < 4.78 is 5.72. The van der Waals surface area contributed by atoms with Crippen LogP contribution in [0, 0.1) is 0 Å². The van der Waals surface area contributed by atoms with Crippen molar-refractivity contribution in [1.82, 2.24) is 4.90 Å². The van der Waals surface area contributed by atoms with Gasteiger partial charge < -0.3 is 20.3 Å². The van der Waals surface area contributed by atoms with Crippen LogP contribution in [0.2, 0.25) is 0 Å². The fourth-order valence-electron chi connectivity index (χ4n) is 2.34. The van der Waals surface area contributed by atoms with E-state index in [0.29, 0.717) is 17.0 Å². The minimum absolute atomic E-state index is 0.0451. The first-order valence-electron chi connectivity index (χ1n) is 8.48. The summed E-state index contributed by atoms with van der Waals surface area (Å²) in [5.41, 5.74) is 1.86. The van der Waals surface area contributed by atoms with E-state index in [1.54, 1.807) is 38.4 Å². The summed E-state index contributed by atoms with van der Waals surface area (Å²) in [7, 11) is 3.38. The Hall–Kier alpha value is -3.02. The molecule has 0 fully saturated rings. The smallest absolute Gasteiger partial charge is 0.253 e. The van der Waals surface area contributed by atoms with Crippen molar-refractivity contribution in [2.45, 2.75) is 20.0 Å². The average Bonchev–Trinajstić information content (AvgIpc) is 2.60. The second-order valence-corrected chi connectivity index (χ2v) is 6.34. The maximum Gasteiger partial charge on any atom is 0.253 e. The second kappa shape index (κ2) is 8.89. The summed E-state index contributed by atoms with van der Waals surface area (Å²) in [4.78, 5) is 25.7. The van der Waals surface area contributed by atoms with Gasteiger partial charge in [-0.2, -0.15) is 0 Å². The fourth-order valence-corrected chi connectivity index (χ4v) is 2.34. The number of hydrogen-bond acceptors (Lipinski definition) is 4. The molecule has 2 amide bonds. The van der Waals surface area contributed by atoms with E-state index in [9.17, 15) is 9.59 Å². The number of carbonyl (C=O) groups excluding carboxylic acids is 2. The third-order valence-electron chi connectivity index (χ3n) is 3.49. The standard InChI is InChI=1S/C20H25N3O3/c1-14(2)26-18-11-6-5-10-17(18)21-13-19(24)22-16-9-7-8-15(12-16)20(25)23(3)4/h5-12,14,21H,13H2,1-4H3,(H,22,24). The van der Waals surface area contributed by atoms with Gasteiger partial charge in [0.1, 0.15) is 5.75 Å². The number of benzene rings is 2. The molecular weight excluding hydrogens is 330 g/mol. The summed E-state index contributed by atoms with van der Waals surface area (Å²) in [5, 5.41) is 5.88. The first-order valence-corrected chi connectivity index (χ1v) is 8.48. The van der Waals surface area contributed by atoms with E-state index in [1.165, 1.54) is 4.90 Å². The predicted molar refractivity (Wildman–Crippen MR) is 104 cm³/mol. The quantitative estimate of drug-likeness (QED) is 0.800. The van der Waals surface area contributed by atoms with E-state index < -0.39 is 0 Å². The molecule has 0 radical (unpaired) electrons. The molecule has 2 rings (SSSR count). The van der Waals surface area contributed by atoms with Crippen LogP contribution in [0.5, 0.6) is 5.75 Å². The fraction of sp³-hybridized carbons (Fsp3) is 0.300. The number of ether oxygens (including phenoxy) is 1. The Bertz CT molecular complexity index is 772. The predicted octanol–water partition coefficient (Wildman–Crippen LogP) is 3.23. The molecule has 2 aromatic rings. The molecule has 0 aromatic heterocycles. The van der Waals surface area contributed by atoms with Crippen molar-refractivity contribution >= 4 is 23.2 Å². The number of carbonyl (C=O) groups is 2. The van der Waals surface area contributed by atoms with Gasteiger partial charge in [0.25, 0.3) is 5.91 Å². The monoisotopic (exact) mass is 355 g/mol. The lowest BCUT2D eigenvalue weighted by Gasteiger charge is -2.15. The number of nitrogens with one attached hydrogen (secondary N) is 2. The number of para-hydroxylation sites is 2. The lowest BCUT2D eigenvalue weighted by Crippen LogP contribution is -2.23. The van der Waals surface area contributed by atoms with Crippen LogP contribution in [0.25, 0.3) is 0 Å². The highest BCUT2D eigenvalue weighted by molar-refractivity contribution is 5.98. The molecule has 0 heterocycles. The van der Waals surface area contributed by atoms with Crippen LogP contribution in [0.15, 0.2) is 48.5 Å². The van der Waals surface area contributed by atoms with Crippen molar-refractivity contribution in [2.75, 3.05) is 31.3 Å². The Morgan fingerprint density at radius 2 is 1.81 bits per heavy atom. The molecule has 0 spiro atoms. The van der Waals surface area contributed by atoms with Gasteiger partial charge in [-0.25, -0.2) is 0 Å².